The predicted molar refractivity (Wildman–Crippen MR) is 157 cm³/mol. The summed E-state index contributed by atoms with van der Waals surface area (Å²) in [4.78, 5) is 21.2. The number of nitrogens with one attached hydrogen (secondary N) is 1. The summed E-state index contributed by atoms with van der Waals surface area (Å²) in [5.41, 5.74) is 2.99. The van der Waals surface area contributed by atoms with Crippen molar-refractivity contribution in [3.05, 3.63) is 41.3 Å². The summed E-state index contributed by atoms with van der Waals surface area (Å²) >= 11 is 0. The van der Waals surface area contributed by atoms with Gasteiger partial charge in [0.05, 0.1) is 24.5 Å². The van der Waals surface area contributed by atoms with Crippen LogP contribution < -0.4 is 0 Å². The molecule has 1 aliphatic rings. The van der Waals surface area contributed by atoms with Crippen LogP contribution in [0.5, 0.6) is 0 Å². The minimum absolute atomic E-state index is 0.295. The van der Waals surface area contributed by atoms with E-state index >= 15 is 0 Å². The highest BCUT2D eigenvalue weighted by Gasteiger charge is 2.50. The minimum atomic E-state index is -3.02. The number of carbonyl (C=O) groups excluding carboxylic acids is 1. The number of terminal acetylenes is 1. The van der Waals surface area contributed by atoms with E-state index in [1.54, 1.807) is 27.0 Å². The molecule has 1 aromatic heterocycles. The number of halogens is 2. The fourth-order valence-electron chi connectivity index (χ4n) is 5.19. The summed E-state index contributed by atoms with van der Waals surface area (Å²) in [6.07, 6.45) is 17.2. The highest BCUT2D eigenvalue weighted by Crippen LogP contribution is 2.41. The number of ether oxygens (including phenoxy) is 1. The molecule has 220 valence electrons. The van der Waals surface area contributed by atoms with Crippen LogP contribution in [0.4, 0.5) is 13.6 Å². The lowest BCUT2D eigenvalue weighted by molar-refractivity contribution is -0.00248. The van der Waals surface area contributed by atoms with Gasteiger partial charge in [0.1, 0.15) is 11.4 Å². The molecule has 0 radical (unpaired) electrons. The minimum Gasteiger partial charge on any atom is -0.444 e. The van der Waals surface area contributed by atoms with Gasteiger partial charge in [-0.1, -0.05) is 77.3 Å². The van der Waals surface area contributed by atoms with E-state index in [4.69, 9.17) is 11.2 Å². The number of H-pyrrole nitrogens is 1. The maximum atomic E-state index is 14.4. The number of amides is 1. The van der Waals surface area contributed by atoms with E-state index in [1.165, 1.54) is 50.5 Å². The van der Waals surface area contributed by atoms with E-state index in [1.807, 2.05) is 12.1 Å². The van der Waals surface area contributed by atoms with Crippen molar-refractivity contribution >= 4 is 6.09 Å². The molecule has 0 spiro atoms. The second-order valence-corrected chi connectivity index (χ2v) is 13.4. The fourth-order valence-corrected chi connectivity index (χ4v) is 5.19. The van der Waals surface area contributed by atoms with Crippen LogP contribution in [0.1, 0.15) is 122 Å². The molecule has 1 amide bonds. The number of benzene rings is 1. The number of alkyl halides is 2. The van der Waals surface area contributed by atoms with Gasteiger partial charge in [-0.25, -0.2) is 18.6 Å². The molecule has 1 atom stereocenters. The fraction of sp³-hybridized carbons (Fsp3) is 0.636. The molecule has 0 bridgehead atoms. The van der Waals surface area contributed by atoms with Crippen LogP contribution in [0.3, 0.4) is 0 Å². The summed E-state index contributed by atoms with van der Waals surface area (Å²) in [6, 6.07) is 5.15. The van der Waals surface area contributed by atoms with Gasteiger partial charge in [-0.3, -0.25) is 4.90 Å². The Kier molecular flexibility index (Phi) is 10.4. The molecule has 40 heavy (non-hydrogen) atoms. The van der Waals surface area contributed by atoms with Crippen molar-refractivity contribution in [3.8, 4) is 23.6 Å². The van der Waals surface area contributed by atoms with Crippen molar-refractivity contribution < 1.29 is 18.3 Å². The van der Waals surface area contributed by atoms with Crippen molar-refractivity contribution in [3.63, 3.8) is 0 Å². The average Bonchev–Trinajstić information content (AvgIpc) is 3.45. The van der Waals surface area contributed by atoms with Crippen LogP contribution in [-0.4, -0.2) is 39.0 Å². The Balaban J connectivity index is 1.57. The topological polar surface area (TPSA) is 58.2 Å². The molecule has 5 nitrogen and oxygen atoms in total. The maximum absolute atomic E-state index is 14.4. The number of unbranched alkanes of at least 4 members (excludes halogenated alkanes) is 6. The highest BCUT2D eigenvalue weighted by molar-refractivity contribution is 5.70. The SMILES string of the molecule is C#Cc1cc(CCCCCCCCCC(C)(C)C)ccc1-c1cnc(C2CC(F)(F)CN2C(=O)OC(C)(C)C)[nH]1. The molecule has 1 saturated heterocycles. The van der Waals surface area contributed by atoms with Gasteiger partial charge < -0.3 is 9.72 Å². The van der Waals surface area contributed by atoms with Gasteiger partial charge in [-0.2, -0.15) is 0 Å². The molecule has 3 rings (SSSR count). The zero-order chi connectivity index (χ0) is 29.6. The molecule has 1 unspecified atom stereocenters. The van der Waals surface area contributed by atoms with Crippen molar-refractivity contribution in [1.29, 1.82) is 0 Å². The van der Waals surface area contributed by atoms with Crippen molar-refractivity contribution in [1.82, 2.24) is 14.9 Å². The lowest BCUT2D eigenvalue weighted by Crippen LogP contribution is -2.38. The first-order valence-corrected chi connectivity index (χ1v) is 14.7. The van der Waals surface area contributed by atoms with Crippen LogP contribution in [0.15, 0.2) is 24.4 Å². The molecule has 2 heterocycles. The number of aromatic amines is 1. The molecule has 1 N–H and O–H groups in total. The molecule has 0 aliphatic carbocycles. The van der Waals surface area contributed by atoms with E-state index in [-0.39, 0.29) is 0 Å². The highest BCUT2D eigenvalue weighted by atomic mass is 19.3. The number of nitrogens with zero attached hydrogens (tertiary/aromatic N) is 2. The number of aromatic nitrogens is 2. The molecular formula is C33H47F2N3O2. The molecule has 2 aromatic rings. The standard InChI is InChI=1S/C33H47F2N3O2/c1-8-25-20-24(16-14-12-10-9-11-13-15-19-31(2,3)4)17-18-26(25)27-22-36-29(37-27)28-21-33(34,35)23-38(28)30(39)40-32(5,6)7/h1,17-18,20,22,28H,9-16,19,21,23H2,2-7H3,(H,36,37). The largest absolute Gasteiger partial charge is 0.444 e. The molecule has 0 saturated carbocycles. The van der Waals surface area contributed by atoms with Crippen LogP contribution in [0.2, 0.25) is 0 Å². The smallest absolute Gasteiger partial charge is 0.411 e. The van der Waals surface area contributed by atoms with Crippen LogP contribution in [-0.2, 0) is 11.2 Å². The Morgan fingerprint density at radius 2 is 1.75 bits per heavy atom. The van der Waals surface area contributed by atoms with E-state index < -0.39 is 36.6 Å². The molecular weight excluding hydrogens is 508 g/mol. The summed E-state index contributed by atoms with van der Waals surface area (Å²) in [5.74, 6) is 0.0410. The Hall–Kier alpha value is -2.88. The van der Waals surface area contributed by atoms with E-state index in [0.29, 0.717) is 16.9 Å². The number of aryl methyl sites for hydroxylation is 1. The van der Waals surface area contributed by atoms with Crippen LogP contribution in [0.25, 0.3) is 11.3 Å². The van der Waals surface area contributed by atoms with Gasteiger partial charge in [-0.05, 0) is 57.1 Å². The monoisotopic (exact) mass is 555 g/mol. The first kappa shape index (κ1) is 31.6. The van der Waals surface area contributed by atoms with Crippen molar-refractivity contribution in [2.45, 2.75) is 123 Å². The quantitative estimate of drug-likeness (QED) is 0.222. The summed E-state index contributed by atoms with van der Waals surface area (Å²) in [6.45, 7) is 11.3. The Bertz CT molecular complexity index is 1170. The molecule has 7 heteroatoms. The number of hydrogen-bond donors (Lipinski definition) is 1. The second-order valence-electron chi connectivity index (χ2n) is 13.4. The normalized spacial score (nSPS) is 17.2. The summed E-state index contributed by atoms with van der Waals surface area (Å²) < 4.78 is 34.1. The van der Waals surface area contributed by atoms with Crippen molar-refractivity contribution in [2.24, 2.45) is 5.41 Å². The number of imidazole rings is 1. The van der Waals surface area contributed by atoms with Gasteiger partial charge in [-0.15, -0.1) is 6.42 Å². The van der Waals surface area contributed by atoms with E-state index in [9.17, 15) is 13.6 Å². The van der Waals surface area contributed by atoms with Gasteiger partial charge in [0.15, 0.2) is 0 Å². The van der Waals surface area contributed by atoms with Crippen LogP contribution in [0, 0.1) is 17.8 Å². The molecule has 1 fully saturated rings. The second kappa shape index (κ2) is 13.2. The summed E-state index contributed by atoms with van der Waals surface area (Å²) in [7, 11) is 0. The number of carbonyl (C=O) groups is 1. The van der Waals surface area contributed by atoms with Crippen LogP contribution >= 0.6 is 0 Å². The third kappa shape index (κ3) is 9.64. The lowest BCUT2D eigenvalue weighted by atomic mass is 9.89. The first-order valence-electron chi connectivity index (χ1n) is 14.7. The number of rotatable bonds is 11. The van der Waals surface area contributed by atoms with Gasteiger partial charge in [0.2, 0.25) is 0 Å². The number of likely N-dealkylation sites (tertiary alicyclic amines) is 1. The van der Waals surface area contributed by atoms with Gasteiger partial charge in [0, 0.05) is 17.5 Å². The Morgan fingerprint density at radius 1 is 1.10 bits per heavy atom. The predicted octanol–water partition coefficient (Wildman–Crippen LogP) is 9.08. The Morgan fingerprint density at radius 3 is 2.38 bits per heavy atom. The molecule has 1 aromatic carbocycles. The zero-order valence-corrected chi connectivity index (χ0v) is 25.2. The lowest BCUT2D eigenvalue weighted by Gasteiger charge is -2.27. The Labute approximate surface area is 239 Å². The maximum Gasteiger partial charge on any atom is 0.411 e. The third-order valence-corrected chi connectivity index (χ3v) is 7.23. The van der Waals surface area contributed by atoms with E-state index in [2.05, 4.69) is 42.7 Å². The van der Waals surface area contributed by atoms with Gasteiger partial charge >= 0.3 is 6.09 Å². The zero-order valence-electron chi connectivity index (χ0n) is 25.2. The third-order valence-electron chi connectivity index (χ3n) is 7.23. The molecule has 1 aliphatic heterocycles. The van der Waals surface area contributed by atoms with Gasteiger partial charge in [0.25, 0.3) is 5.92 Å². The van der Waals surface area contributed by atoms with Crippen molar-refractivity contribution in [2.75, 3.05) is 6.54 Å². The number of hydrogen-bond acceptors (Lipinski definition) is 3. The average molecular weight is 556 g/mol. The summed E-state index contributed by atoms with van der Waals surface area (Å²) in [5, 5.41) is 0. The first-order chi connectivity index (χ1) is 18.7. The van der Waals surface area contributed by atoms with E-state index in [0.717, 1.165) is 28.9 Å².